The summed E-state index contributed by atoms with van der Waals surface area (Å²) in [5, 5.41) is 22.0. The first kappa shape index (κ1) is 18.7. The molecule has 3 unspecified atom stereocenters. The van der Waals surface area contributed by atoms with Gasteiger partial charge in [-0.15, -0.1) is 0 Å². The van der Waals surface area contributed by atoms with Gasteiger partial charge in [-0.1, -0.05) is 0 Å². The third-order valence-electron chi connectivity index (χ3n) is 2.52. The Morgan fingerprint density at radius 2 is 1.85 bits per heavy atom. The highest BCUT2D eigenvalue weighted by Gasteiger charge is 2.24. The van der Waals surface area contributed by atoms with Crippen molar-refractivity contribution in [3.63, 3.8) is 0 Å². The maximum absolute atomic E-state index is 11.7. The topological polar surface area (TPSA) is 142 Å². The van der Waals surface area contributed by atoms with E-state index >= 15 is 0 Å². The Bertz CT molecular complexity index is 353. The molecular weight excluding hydrogens is 286 g/mol. The highest BCUT2D eigenvalue weighted by atomic mass is 32.2. The molecular formula is C11H21N3O5S. The monoisotopic (exact) mass is 307 g/mol. The molecule has 9 heteroatoms. The van der Waals surface area contributed by atoms with Gasteiger partial charge in [0.05, 0.1) is 12.6 Å². The van der Waals surface area contributed by atoms with Gasteiger partial charge in [0.2, 0.25) is 11.8 Å². The summed E-state index contributed by atoms with van der Waals surface area (Å²) in [6.45, 7) is 0.680. The minimum absolute atomic E-state index is 0.474. The molecule has 0 saturated heterocycles. The van der Waals surface area contributed by atoms with Crippen molar-refractivity contribution in [3.8, 4) is 0 Å². The Kier molecular flexibility index (Phi) is 8.93. The number of nitrogens with two attached hydrogens (primary N) is 1. The largest absolute Gasteiger partial charge is 0.480 e. The summed E-state index contributed by atoms with van der Waals surface area (Å²) in [6.07, 6.45) is 2.37. The van der Waals surface area contributed by atoms with Crippen LogP contribution in [-0.4, -0.2) is 64.7 Å². The van der Waals surface area contributed by atoms with Crippen LogP contribution in [0.4, 0.5) is 0 Å². The molecule has 0 fully saturated rings. The fourth-order valence-electron chi connectivity index (χ4n) is 1.24. The van der Waals surface area contributed by atoms with E-state index in [9.17, 15) is 14.4 Å². The molecule has 3 atom stereocenters. The van der Waals surface area contributed by atoms with E-state index in [0.29, 0.717) is 6.42 Å². The quantitative estimate of drug-likeness (QED) is 0.336. The molecule has 20 heavy (non-hydrogen) atoms. The van der Waals surface area contributed by atoms with Gasteiger partial charge in [-0.2, -0.15) is 11.8 Å². The summed E-state index contributed by atoms with van der Waals surface area (Å²) in [6, 6.07) is -3.05. The van der Waals surface area contributed by atoms with Crippen LogP contribution >= 0.6 is 11.8 Å². The first-order valence-corrected chi connectivity index (χ1v) is 7.41. The van der Waals surface area contributed by atoms with E-state index in [-0.39, 0.29) is 0 Å². The predicted molar refractivity (Wildman–Crippen MR) is 75.2 cm³/mol. The molecule has 0 bridgehead atoms. The number of carboxylic acids is 1. The molecule has 0 saturated carbocycles. The minimum atomic E-state index is -1.40. The molecule has 0 spiro atoms. The van der Waals surface area contributed by atoms with Gasteiger partial charge in [0.1, 0.15) is 12.1 Å². The van der Waals surface area contributed by atoms with Crippen LogP contribution in [-0.2, 0) is 14.4 Å². The second-order valence-electron chi connectivity index (χ2n) is 4.20. The van der Waals surface area contributed by atoms with Crippen LogP contribution in [0.25, 0.3) is 0 Å². The van der Waals surface area contributed by atoms with Crippen LogP contribution in [0.5, 0.6) is 0 Å². The number of hydrogen-bond donors (Lipinski definition) is 5. The Morgan fingerprint density at radius 1 is 1.25 bits per heavy atom. The molecule has 6 N–H and O–H groups in total. The summed E-state index contributed by atoms with van der Waals surface area (Å²) in [7, 11) is 0. The Morgan fingerprint density at radius 3 is 2.30 bits per heavy atom. The summed E-state index contributed by atoms with van der Waals surface area (Å²) in [5.41, 5.74) is 5.64. The van der Waals surface area contributed by atoms with Crippen LogP contribution < -0.4 is 16.4 Å². The predicted octanol–water partition coefficient (Wildman–Crippen LogP) is -1.87. The molecule has 0 aliphatic rings. The second-order valence-corrected chi connectivity index (χ2v) is 5.19. The zero-order valence-corrected chi connectivity index (χ0v) is 12.3. The van der Waals surface area contributed by atoms with Gasteiger partial charge >= 0.3 is 5.97 Å². The van der Waals surface area contributed by atoms with Crippen LogP contribution in [0.15, 0.2) is 0 Å². The van der Waals surface area contributed by atoms with Gasteiger partial charge in [-0.05, 0) is 25.4 Å². The average molecular weight is 307 g/mol. The Hall–Kier alpha value is -1.32. The normalized spacial score (nSPS) is 15.0. The van der Waals surface area contributed by atoms with Gasteiger partial charge in [0, 0.05) is 0 Å². The van der Waals surface area contributed by atoms with Crippen molar-refractivity contribution in [1.29, 1.82) is 0 Å². The standard InChI is InChI=1S/C11H21N3O5S/c1-6(9(16)14-8(5-15)11(18)19)13-10(17)7(12)3-4-20-2/h6-8,15H,3-5,12H2,1-2H3,(H,13,17)(H,14,16)(H,18,19). The lowest BCUT2D eigenvalue weighted by molar-refractivity contribution is -0.143. The number of hydrogen-bond acceptors (Lipinski definition) is 6. The van der Waals surface area contributed by atoms with E-state index in [2.05, 4.69) is 10.6 Å². The molecule has 0 rings (SSSR count). The smallest absolute Gasteiger partial charge is 0.328 e. The molecule has 0 aliphatic carbocycles. The van der Waals surface area contributed by atoms with Crippen LogP contribution in [0.3, 0.4) is 0 Å². The van der Waals surface area contributed by atoms with Gasteiger partial charge in [-0.25, -0.2) is 4.79 Å². The Labute approximate surface area is 121 Å². The van der Waals surface area contributed by atoms with Crippen molar-refractivity contribution in [3.05, 3.63) is 0 Å². The average Bonchev–Trinajstić information content (AvgIpc) is 2.40. The van der Waals surface area contributed by atoms with Crippen molar-refractivity contribution >= 4 is 29.5 Å². The fraction of sp³-hybridized carbons (Fsp3) is 0.727. The van der Waals surface area contributed by atoms with E-state index in [1.54, 1.807) is 11.8 Å². The lowest BCUT2D eigenvalue weighted by Crippen LogP contribution is -2.54. The van der Waals surface area contributed by atoms with E-state index in [1.165, 1.54) is 6.92 Å². The number of carbonyl (C=O) groups excluding carboxylic acids is 2. The maximum atomic E-state index is 11.7. The lowest BCUT2D eigenvalue weighted by Gasteiger charge is -2.19. The summed E-state index contributed by atoms with van der Waals surface area (Å²) >= 11 is 1.55. The Balaban J connectivity index is 4.31. The third kappa shape index (κ3) is 6.73. The van der Waals surface area contributed by atoms with Gasteiger partial charge < -0.3 is 26.6 Å². The summed E-state index contributed by atoms with van der Waals surface area (Å²) < 4.78 is 0. The molecule has 0 radical (unpaired) electrons. The fourth-order valence-corrected chi connectivity index (χ4v) is 1.73. The number of carboxylic acid groups (broad SMARTS) is 1. The van der Waals surface area contributed by atoms with E-state index in [1.807, 2.05) is 6.26 Å². The number of rotatable bonds is 9. The van der Waals surface area contributed by atoms with E-state index < -0.39 is 42.5 Å². The van der Waals surface area contributed by atoms with Crippen molar-refractivity contribution in [2.75, 3.05) is 18.6 Å². The lowest BCUT2D eigenvalue weighted by atomic mass is 10.2. The van der Waals surface area contributed by atoms with Gasteiger partial charge in [-0.3, -0.25) is 9.59 Å². The SMILES string of the molecule is CSCCC(N)C(=O)NC(C)C(=O)NC(CO)C(=O)O. The van der Waals surface area contributed by atoms with Crippen molar-refractivity contribution in [2.45, 2.75) is 31.5 Å². The first-order valence-electron chi connectivity index (χ1n) is 6.02. The number of aliphatic carboxylic acids is 1. The van der Waals surface area contributed by atoms with E-state index in [4.69, 9.17) is 15.9 Å². The molecule has 0 aliphatic heterocycles. The van der Waals surface area contributed by atoms with Crippen molar-refractivity contribution in [1.82, 2.24) is 10.6 Å². The second kappa shape index (κ2) is 9.56. The molecule has 0 aromatic rings. The zero-order valence-electron chi connectivity index (χ0n) is 11.5. The highest BCUT2D eigenvalue weighted by molar-refractivity contribution is 7.98. The van der Waals surface area contributed by atoms with Gasteiger partial charge in [0.25, 0.3) is 0 Å². The molecule has 2 amide bonds. The number of nitrogens with one attached hydrogen (secondary N) is 2. The number of aliphatic hydroxyl groups is 1. The minimum Gasteiger partial charge on any atom is -0.480 e. The van der Waals surface area contributed by atoms with Crippen LogP contribution in [0.2, 0.25) is 0 Å². The van der Waals surface area contributed by atoms with Crippen LogP contribution in [0.1, 0.15) is 13.3 Å². The zero-order chi connectivity index (χ0) is 15.7. The first-order chi connectivity index (χ1) is 9.33. The number of thioether (sulfide) groups is 1. The van der Waals surface area contributed by atoms with E-state index in [0.717, 1.165) is 5.75 Å². The number of aliphatic hydroxyl groups excluding tert-OH is 1. The third-order valence-corrected chi connectivity index (χ3v) is 3.16. The number of amides is 2. The van der Waals surface area contributed by atoms with Crippen molar-refractivity contribution in [2.24, 2.45) is 5.73 Å². The maximum Gasteiger partial charge on any atom is 0.328 e. The van der Waals surface area contributed by atoms with Gasteiger partial charge in [0.15, 0.2) is 0 Å². The number of carbonyl (C=O) groups is 3. The molecule has 116 valence electrons. The molecule has 0 heterocycles. The van der Waals surface area contributed by atoms with Crippen LogP contribution in [0, 0.1) is 0 Å². The van der Waals surface area contributed by atoms with Crippen molar-refractivity contribution < 1.29 is 24.6 Å². The summed E-state index contributed by atoms with van der Waals surface area (Å²) in [5.74, 6) is -1.80. The highest BCUT2D eigenvalue weighted by Crippen LogP contribution is 1.99. The summed E-state index contributed by atoms with van der Waals surface area (Å²) in [4.78, 5) is 34.0. The molecule has 0 aromatic heterocycles. The molecule has 0 aromatic carbocycles. The molecule has 8 nitrogen and oxygen atoms in total.